The van der Waals surface area contributed by atoms with Crippen molar-refractivity contribution in [1.82, 2.24) is 28.6 Å². The quantitative estimate of drug-likeness (QED) is 0.579. The topological polar surface area (TPSA) is 103 Å². The molecule has 4 rings (SSSR count). The Balaban J connectivity index is 1.62. The molecule has 4 heterocycles. The molecule has 10 heteroatoms. The second-order valence-corrected chi connectivity index (χ2v) is 9.93. The van der Waals surface area contributed by atoms with E-state index < -0.39 is 10.0 Å². The first-order chi connectivity index (χ1) is 14.8. The van der Waals surface area contributed by atoms with Gasteiger partial charge >= 0.3 is 0 Å². The second-order valence-electron chi connectivity index (χ2n) is 8.09. The van der Waals surface area contributed by atoms with Gasteiger partial charge in [0.05, 0.1) is 12.2 Å². The molecule has 9 nitrogen and oxygen atoms in total. The van der Waals surface area contributed by atoms with Gasteiger partial charge in [0.1, 0.15) is 5.82 Å². The molecule has 1 unspecified atom stereocenters. The number of aromatic nitrogens is 5. The average molecular weight is 443 g/mol. The van der Waals surface area contributed by atoms with Crippen LogP contribution < -0.4 is 5.56 Å². The molecular formula is C21H26N6O3S. The molecule has 164 valence electrons. The van der Waals surface area contributed by atoms with Crippen LogP contribution in [0.25, 0.3) is 11.3 Å². The summed E-state index contributed by atoms with van der Waals surface area (Å²) < 4.78 is 31.2. The summed E-state index contributed by atoms with van der Waals surface area (Å²) in [6, 6.07) is 6.41. The molecule has 0 bridgehead atoms. The van der Waals surface area contributed by atoms with Crippen molar-refractivity contribution in [2.45, 2.75) is 50.2 Å². The first-order valence-electron chi connectivity index (χ1n) is 10.3. The molecule has 1 fully saturated rings. The van der Waals surface area contributed by atoms with E-state index in [-0.39, 0.29) is 29.1 Å². The van der Waals surface area contributed by atoms with Crippen molar-refractivity contribution in [2.75, 3.05) is 6.54 Å². The molecule has 0 aliphatic carbocycles. The third-order valence-electron chi connectivity index (χ3n) is 5.53. The van der Waals surface area contributed by atoms with Crippen LogP contribution in [-0.2, 0) is 23.6 Å². The molecule has 31 heavy (non-hydrogen) atoms. The number of nitrogens with zero attached hydrogens (tertiary/aromatic N) is 6. The zero-order chi connectivity index (χ0) is 22.2. The van der Waals surface area contributed by atoms with E-state index in [0.29, 0.717) is 18.7 Å². The third-order valence-corrected chi connectivity index (χ3v) is 7.35. The third kappa shape index (κ3) is 4.17. The lowest BCUT2D eigenvalue weighted by molar-refractivity contribution is 0.335. The normalized spacial score (nSPS) is 17.5. The Morgan fingerprint density at radius 2 is 1.90 bits per heavy atom. The van der Waals surface area contributed by atoms with Gasteiger partial charge < -0.3 is 4.57 Å². The minimum Gasteiger partial charge on any atom is -0.336 e. The van der Waals surface area contributed by atoms with Crippen molar-refractivity contribution in [3.05, 3.63) is 59.0 Å². The van der Waals surface area contributed by atoms with Crippen molar-refractivity contribution >= 4 is 10.0 Å². The smallest absolute Gasteiger partial charge is 0.266 e. The summed E-state index contributed by atoms with van der Waals surface area (Å²) in [5.41, 5.74) is 1.22. The maximum absolute atomic E-state index is 13.3. The lowest BCUT2D eigenvalue weighted by atomic mass is 10.2. The first-order valence-corrected chi connectivity index (χ1v) is 11.7. The maximum Gasteiger partial charge on any atom is 0.266 e. The number of pyridine rings is 1. The van der Waals surface area contributed by atoms with Gasteiger partial charge in [-0.1, -0.05) is 13.8 Å². The molecule has 1 saturated heterocycles. The SMILES string of the molecule is CC(C)c1nc(S(=O)(=O)N2CCCC2Cn2nc(-c3ccncc3)ccc2=O)cn1C. The minimum absolute atomic E-state index is 0.0523. The summed E-state index contributed by atoms with van der Waals surface area (Å²) in [5, 5.41) is 4.52. The lowest BCUT2D eigenvalue weighted by Gasteiger charge is -2.23. The maximum atomic E-state index is 13.3. The van der Waals surface area contributed by atoms with E-state index >= 15 is 0 Å². The average Bonchev–Trinajstić information content (AvgIpc) is 3.37. The minimum atomic E-state index is -3.77. The van der Waals surface area contributed by atoms with Crippen LogP contribution in [0.5, 0.6) is 0 Å². The van der Waals surface area contributed by atoms with E-state index in [0.717, 1.165) is 17.8 Å². The van der Waals surface area contributed by atoms with Crippen molar-refractivity contribution in [3.63, 3.8) is 0 Å². The molecule has 0 spiro atoms. The van der Waals surface area contributed by atoms with Gasteiger partial charge in [-0.05, 0) is 31.0 Å². The summed E-state index contributed by atoms with van der Waals surface area (Å²) in [7, 11) is -1.97. The van der Waals surface area contributed by atoms with Crippen molar-refractivity contribution < 1.29 is 8.42 Å². The Hall–Kier alpha value is -2.85. The van der Waals surface area contributed by atoms with Crippen molar-refractivity contribution in [2.24, 2.45) is 7.05 Å². The highest BCUT2D eigenvalue weighted by molar-refractivity contribution is 7.89. The van der Waals surface area contributed by atoms with Crippen LogP contribution in [0.1, 0.15) is 38.4 Å². The van der Waals surface area contributed by atoms with Gasteiger partial charge in [-0.3, -0.25) is 9.78 Å². The van der Waals surface area contributed by atoms with Gasteiger partial charge in [-0.15, -0.1) is 0 Å². The molecule has 1 aliphatic heterocycles. The lowest BCUT2D eigenvalue weighted by Crippen LogP contribution is -2.40. The Bertz CT molecular complexity index is 1230. The molecule has 1 atom stereocenters. The molecule has 3 aromatic heterocycles. The Labute approximate surface area is 181 Å². The molecule has 0 N–H and O–H groups in total. The summed E-state index contributed by atoms with van der Waals surface area (Å²) in [6.07, 6.45) is 6.28. The molecule has 0 saturated carbocycles. The Morgan fingerprint density at radius 3 is 2.58 bits per heavy atom. The number of hydrogen-bond acceptors (Lipinski definition) is 6. The first kappa shape index (κ1) is 21.4. The van der Waals surface area contributed by atoms with Crippen LogP contribution in [0.2, 0.25) is 0 Å². The zero-order valence-electron chi connectivity index (χ0n) is 17.8. The highest BCUT2D eigenvalue weighted by Gasteiger charge is 2.37. The summed E-state index contributed by atoms with van der Waals surface area (Å²) >= 11 is 0. The van der Waals surface area contributed by atoms with E-state index in [2.05, 4.69) is 15.1 Å². The highest BCUT2D eigenvalue weighted by Crippen LogP contribution is 2.27. The van der Waals surface area contributed by atoms with Crippen LogP contribution in [0.15, 0.2) is 52.7 Å². The Kier molecular flexibility index (Phi) is 5.76. The van der Waals surface area contributed by atoms with Crippen molar-refractivity contribution in [1.29, 1.82) is 0 Å². The van der Waals surface area contributed by atoms with E-state index in [1.54, 1.807) is 36.3 Å². The molecule has 0 amide bonds. The number of imidazole rings is 1. The molecule has 3 aromatic rings. The largest absolute Gasteiger partial charge is 0.336 e. The van der Waals surface area contributed by atoms with Crippen LogP contribution in [0.3, 0.4) is 0 Å². The fourth-order valence-corrected chi connectivity index (χ4v) is 5.67. The summed E-state index contributed by atoms with van der Waals surface area (Å²) in [5.74, 6) is 0.833. The van der Waals surface area contributed by atoms with Crippen molar-refractivity contribution in [3.8, 4) is 11.3 Å². The number of hydrogen-bond donors (Lipinski definition) is 0. The van der Waals surface area contributed by atoms with E-state index in [1.165, 1.54) is 15.1 Å². The monoisotopic (exact) mass is 442 g/mol. The van der Waals surface area contributed by atoms with Gasteiger partial charge in [0, 0.05) is 55.8 Å². The van der Waals surface area contributed by atoms with Gasteiger partial charge in [0.2, 0.25) is 0 Å². The van der Waals surface area contributed by atoms with E-state index in [1.807, 2.05) is 26.0 Å². The second kappa shape index (κ2) is 8.35. The van der Waals surface area contributed by atoms with Crippen LogP contribution in [0, 0.1) is 0 Å². The van der Waals surface area contributed by atoms with Crippen LogP contribution in [0.4, 0.5) is 0 Å². The number of rotatable bonds is 6. The number of sulfonamides is 1. The van der Waals surface area contributed by atoms with Gasteiger partial charge in [-0.25, -0.2) is 18.1 Å². The van der Waals surface area contributed by atoms with Gasteiger partial charge in [0.25, 0.3) is 15.6 Å². The fourth-order valence-electron chi connectivity index (χ4n) is 4.00. The Morgan fingerprint density at radius 1 is 1.16 bits per heavy atom. The van der Waals surface area contributed by atoms with Gasteiger partial charge in [0.15, 0.2) is 5.03 Å². The summed E-state index contributed by atoms with van der Waals surface area (Å²) in [6.45, 7) is 4.55. The standard InChI is InChI=1S/C21H26N6O3S/c1-15(2)21-23-19(14-25(21)3)31(29,30)27-12-4-5-17(27)13-26-20(28)7-6-18(24-26)16-8-10-22-11-9-16/h6-11,14-15,17H,4-5,12-13H2,1-3H3. The van der Waals surface area contributed by atoms with Crippen LogP contribution in [-0.4, -0.2) is 49.6 Å². The summed E-state index contributed by atoms with van der Waals surface area (Å²) in [4.78, 5) is 20.8. The molecular weight excluding hydrogens is 416 g/mol. The van der Waals surface area contributed by atoms with E-state index in [4.69, 9.17) is 0 Å². The molecule has 0 aromatic carbocycles. The fraction of sp³-hybridized carbons (Fsp3) is 0.429. The number of aryl methyl sites for hydroxylation is 1. The van der Waals surface area contributed by atoms with Gasteiger partial charge in [-0.2, -0.15) is 9.40 Å². The zero-order valence-corrected chi connectivity index (χ0v) is 18.7. The predicted molar refractivity (Wildman–Crippen MR) is 116 cm³/mol. The van der Waals surface area contributed by atoms with E-state index in [9.17, 15) is 13.2 Å². The van der Waals surface area contributed by atoms with Crippen LogP contribution >= 0.6 is 0 Å². The molecule has 1 aliphatic rings. The molecule has 0 radical (unpaired) electrons. The predicted octanol–water partition coefficient (Wildman–Crippen LogP) is 2.02. The highest BCUT2D eigenvalue weighted by atomic mass is 32.2.